The molecule has 2 N–H and O–H groups in total. The zero-order valence-electron chi connectivity index (χ0n) is 16.8. The maximum atomic E-state index is 12.6. The molecule has 0 atom stereocenters. The fraction of sp³-hybridized carbons (Fsp3) is 0.381. The zero-order valence-corrected chi connectivity index (χ0v) is 17.5. The van der Waals surface area contributed by atoms with Crippen molar-refractivity contribution in [2.75, 3.05) is 26.2 Å². The molecule has 0 unspecified atom stereocenters. The van der Waals surface area contributed by atoms with Crippen LogP contribution in [0.1, 0.15) is 28.8 Å². The third-order valence-corrected chi connectivity index (χ3v) is 5.47. The first-order valence-electron chi connectivity index (χ1n) is 9.65. The number of nitrogens with zero attached hydrogens (tertiary/aromatic N) is 4. The van der Waals surface area contributed by atoms with Crippen LogP contribution in [0.4, 0.5) is 4.79 Å². The van der Waals surface area contributed by atoms with Crippen LogP contribution < -0.4 is 5.73 Å². The van der Waals surface area contributed by atoms with Gasteiger partial charge in [-0.3, -0.25) is 4.79 Å². The van der Waals surface area contributed by atoms with Crippen LogP contribution in [0.25, 0.3) is 6.08 Å². The molecule has 0 spiro atoms. The Morgan fingerprint density at radius 1 is 1.10 bits per heavy atom. The summed E-state index contributed by atoms with van der Waals surface area (Å²) < 4.78 is 1.74. The molecule has 1 aromatic carbocycles. The minimum Gasteiger partial charge on any atom is -0.351 e. The highest BCUT2D eigenvalue weighted by molar-refractivity contribution is 6.31. The Bertz CT molecular complexity index is 920. The van der Waals surface area contributed by atoms with Crippen LogP contribution in [-0.2, 0) is 11.3 Å². The average Bonchev–Trinajstić information content (AvgIpc) is 2.87. The molecule has 1 aromatic heterocycles. The van der Waals surface area contributed by atoms with Crippen LogP contribution in [0.3, 0.4) is 0 Å². The Morgan fingerprint density at radius 2 is 1.76 bits per heavy atom. The van der Waals surface area contributed by atoms with E-state index in [2.05, 4.69) is 29.4 Å². The first-order valence-corrected chi connectivity index (χ1v) is 10.0. The van der Waals surface area contributed by atoms with E-state index in [1.165, 1.54) is 11.6 Å². The number of rotatable bonds is 4. The fourth-order valence-electron chi connectivity index (χ4n) is 3.35. The van der Waals surface area contributed by atoms with E-state index in [1.807, 2.05) is 13.8 Å². The number of halogens is 1. The molecule has 0 saturated carbocycles. The number of aryl methyl sites for hydroxylation is 2. The summed E-state index contributed by atoms with van der Waals surface area (Å²) in [6.07, 6.45) is 3.94. The van der Waals surface area contributed by atoms with Crippen LogP contribution in [0.5, 0.6) is 0 Å². The standard InChI is InChI=1S/C21H26ClN5O2/c1-15-4-6-17(7-5-15)14-27-20(22)18(16(2)24-27)8-9-19(28)25-10-3-11-26(13-12-25)21(23)29/h4-9H,3,10-14H2,1-2H3,(H2,23,29)/b9-8+. The lowest BCUT2D eigenvalue weighted by atomic mass is 10.1. The van der Waals surface area contributed by atoms with Crippen LogP contribution in [0, 0.1) is 13.8 Å². The summed E-state index contributed by atoms with van der Waals surface area (Å²) in [5.74, 6) is -0.113. The second-order valence-electron chi connectivity index (χ2n) is 7.27. The van der Waals surface area contributed by atoms with E-state index in [-0.39, 0.29) is 5.91 Å². The highest BCUT2D eigenvalue weighted by Crippen LogP contribution is 2.22. The number of amides is 3. The molecule has 1 aliphatic rings. The number of carbonyl (C=O) groups excluding carboxylic acids is 2. The first kappa shape index (κ1) is 20.9. The third-order valence-electron chi connectivity index (χ3n) is 5.07. The van der Waals surface area contributed by atoms with Gasteiger partial charge in [-0.05, 0) is 31.9 Å². The molecule has 0 radical (unpaired) electrons. The van der Waals surface area contributed by atoms with Crippen LogP contribution in [-0.4, -0.2) is 57.7 Å². The van der Waals surface area contributed by atoms with Gasteiger partial charge in [-0.1, -0.05) is 41.4 Å². The van der Waals surface area contributed by atoms with E-state index in [0.717, 1.165) is 16.8 Å². The smallest absolute Gasteiger partial charge is 0.314 e. The summed E-state index contributed by atoms with van der Waals surface area (Å²) in [7, 11) is 0. The van der Waals surface area contributed by atoms with Crippen molar-refractivity contribution in [1.82, 2.24) is 19.6 Å². The van der Waals surface area contributed by atoms with Gasteiger partial charge in [-0.15, -0.1) is 0 Å². The van der Waals surface area contributed by atoms with E-state index in [9.17, 15) is 9.59 Å². The topological polar surface area (TPSA) is 84.5 Å². The van der Waals surface area contributed by atoms with Crippen molar-refractivity contribution in [3.63, 3.8) is 0 Å². The zero-order chi connectivity index (χ0) is 21.0. The monoisotopic (exact) mass is 415 g/mol. The highest BCUT2D eigenvalue weighted by atomic mass is 35.5. The predicted octanol–water partition coefficient (Wildman–Crippen LogP) is 2.83. The van der Waals surface area contributed by atoms with Crippen LogP contribution in [0.2, 0.25) is 5.15 Å². The summed E-state index contributed by atoms with van der Waals surface area (Å²) in [5.41, 5.74) is 9.15. The molecular weight excluding hydrogens is 390 g/mol. The largest absolute Gasteiger partial charge is 0.351 e. The second-order valence-corrected chi connectivity index (χ2v) is 7.63. The van der Waals surface area contributed by atoms with Gasteiger partial charge < -0.3 is 15.5 Å². The van der Waals surface area contributed by atoms with Crippen molar-refractivity contribution in [2.45, 2.75) is 26.8 Å². The lowest BCUT2D eigenvalue weighted by Crippen LogP contribution is -2.39. The fourth-order valence-corrected chi connectivity index (χ4v) is 3.64. The molecule has 29 heavy (non-hydrogen) atoms. The quantitative estimate of drug-likeness (QED) is 0.779. The van der Waals surface area contributed by atoms with E-state index in [1.54, 1.807) is 20.6 Å². The Hall–Kier alpha value is -2.80. The number of hydrogen-bond donors (Lipinski definition) is 1. The minimum absolute atomic E-state index is 0.113. The van der Waals surface area contributed by atoms with E-state index in [4.69, 9.17) is 17.3 Å². The molecule has 1 saturated heterocycles. The molecule has 154 valence electrons. The van der Waals surface area contributed by atoms with Crippen molar-refractivity contribution in [3.8, 4) is 0 Å². The lowest BCUT2D eigenvalue weighted by molar-refractivity contribution is -0.125. The molecule has 0 bridgehead atoms. The molecule has 7 nitrogen and oxygen atoms in total. The van der Waals surface area contributed by atoms with Gasteiger partial charge in [-0.25, -0.2) is 9.48 Å². The number of benzene rings is 1. The van der Waals surface area contributed by atoms with Gasteiger partial charge in [0.1, 0.15) is 5.15 Å². The van der Waals surface area contributed by atoms with Gasteiger partial charge in [0.05, 0.1) is 12.2 Å². The molecule has 8 heteroatoms. The Labute approximate surface area is 175 Å². The number of carbonyl (C=O) groups is 2. The molecule has 3 rings (SSSR count). The van der Waals surface area contributed by atoms with Crippen molar-refractivity contribution in [2.24, 2.45) is 5.73 Å². The molecule has 0 aliphatic carbocycles. The van der Waals surface area contributed by atoms with Crippen molar-refractivity contribution in [3.05, 3.63) is 57.9 Å². The van der Waals surface area contributed by atoms with Gasteiger partial charge in [0.25, 0.3) is 0 Å². The molecule has 2 heterocycles. The second kappa shape index (κ2) is 9.13. The molecule has 3 amide bonds. The summed E-state index contributed by atoms with van der Waals surface area (Å²) >= 11 is 6.53. The Morgan fingerprint density at radius 3 is 2.45 bits per heavy atom. The number of nitrogens with two attached hydrogens (primary N) is 1. The van der Waals surface area contributed by atoms with Gasteiger partial charge in [-0.2, -0.15) is 5.10 Å². The molecular formula is C21H26ClN5O2. The number of primary amides is 1. The molecule has 1 aliphatic heterocycles. The van der Waals surface area contributed by atoms with Crippen LogP contribution >= 0.6 is 11.6 Å². The van der Waals surface area contributed by atoms with Gasteiger partial charge in [0.15, 0.2) is 0 Å². The summed E-state index contributed by atoms with van der Waals surface area (Å²) in [6, 6.07) is 7.77. The Kier molecular flexibility index (Phi) is 6.59. The van der Waals surface area contributed by atoms with E-state index < -0.39 is 6.03 Å². The summed E-state index contributed by atoms with van der Waals surface area (Å²) in [5, 5.41) is 5.02. The van der Waals surface area contributed by atoms with E-state index >= 15 is 0 Å². The summed E-state index contributed by atoms with van der Waals surface area (Å²) in [6.45, 7) is 6.56. The summed E-state index contributed by atoms with van der Waals surface area (Å²) in [4.78, 5) is 27.2. The molecule has 1 fully saturated rings. The SMILES string of the molecule is Cc1ccc(Cn2nc(C)c(/C=C/C(=O)N3CCCN(C(N)=O)CC3)c2Cl)cc1. The van der Waals surface area contributed by atoms with E-state index in [0.29, 0.717) is 44.3 Å². The Balaban J connectivity index is 1.68. The number of hydrogen-bond acceptors (Lipinski definition) is 3. The third kappa shape index (κ3) is 5.17. The molecule has 2 aromatic rings. The van der Waals surface area contributed by atoms with Gasteiger partial charge >= 0.3 is 6.03 Å². The predicted molar refractivity (Wildman–Crippen MR) is 114 cm³/mol. The van der Waals surface area contributed by atoms with Crippen LogP contribution in [0.15, 0.2) is 30.3 Å². The van der Waals surface area contributed by atoms with Gasteiger partial charge in [0.2, 0.25) is 5.91 Å². The maximum Gasteiger partial charge on any atom is 0.314 e. The average molecular weight is 416 g/mol. The van der Waals surface area contributed by atoms with Crippen molar-refractivity contribution in [1.29, 1.82) is 0 Å². The number of aromatic nitrogens is 2. The first-order chi connectivity index (χ1) is 13.8. The maximum absolute atomic E-state index is 12.6. The van der Waals surface area contributed by atoms with Crippen molar-refractivity contribution >= 4 is 29.6 Å². The van der Waals surface area contributed by atoms with Crippen molar-refractivity contribution < 1.29 is 9.59 Å². The highest BCUT2D eigenvalue weighted by Gasteiger charge is 2.19. The lowest BCUT2D eigenvalue weighted by Gasteiger charge is -2.19. The normalized spacial score (nSPS) is 15.0. The number of urea groups is 1. The van der Waals surface area contributed by atoms with Gasteiger partial charge in [0, 0.05) is 37.8 Å². The minimum atomic E-state index is -0.446.